The maximum absolute atomic E-state index is 12.3. The number of carboxylic acid groups (broad SMARTS) is 1. The Hall–Kier alpha value is -2.08. The Morgan fingerprint density at radius 1 is 1.36 bits per heavy atom. The van der Waals surface area contributed by atoms with E-state index in [4.69, 9.17) is 14.6 Å². The summed E-state index contributed by atoms with van der Waals surface area (Å²) in [7, 11) is 1.61. The summed E-state index contributed by atoms with van der Waals surface area (Å²) >= 11 is 0. The van der Waals surface area contributed by atoms with Crippen molar-refractivity contribution in [2.24, 2.45) is 0 Å². The number of aryl methyl sites for hydroxylation is 1. The van der Waals surface area contributed by atoms with Gasteiger partial charge in [0.05, 0.1) is 32.8 Å². The second-order valence-electron chi connectivity index (χ2n) is 5.26. The largest absolute Gasteiger partial charge is 0.497 e. The van der Waals surface area contributed by atoms with Crippen molar-refractivity contribution in [3.8, 4) is 5.75 Å². The molecule has 1 aliphatic heterocycles. The van der Waals surface area contributed by atoms with Crippen LogP contribution in [-0.4, -0.2) is 54.8 Å². The van der Waals surface area contributed by atoms with E-state index in [0.717, 1.165) is 11.3 Å². The number of benzene rings is 1. The number of hydrogen-bond acceptors (Lipinski definition) is 4. The Balaban J connectivity index is 1.90. The van der Waals surface area contributed by atoms with Crippen molar-refractivity contribution in [1.29, 1.82) is 0 Å². The lowest BCUT2D eigenvalue weighted by Crippen LogP contribution is -2.49. The summed E-state index contributed by atoms with van der Waals surface area (Å²) in [5.41, 5.74) is 1.05. The van der Waals surface area contributed by atoms with Gasteiger partial charge in [0.1, 0.15) is 5.75 Å². The average molecular weight is 307 g/mol. The van der Waals surface area contributed by atoms with E-state index in [-0.39, 0.29) is 18.4 Å². The molecule has 1 aromatic carbocycles. The van der Waals surface area contributed by atoms with Gasteiger partial charge in [-0.1, -0.05) is 12.1 Å². The molecule has 0 aromatic heterocycles. The highest BCUT2D eigenvalue weighted by molar-refractivity contribution is 5.78. The second-order valence-corrected chi connectivity index (χ2v) is 5.26. The molecule has 1 N–H and O–H groups in total. The minimum absolute atomic E-state index is 0.0228. The molecule has 0 aliphatic carbocycles. The Bertz CT molecular complexity index is 514. The van der Waals surface area contributed by atoms with Crippen LogP contribution in [0.3, 0.4) is 0 Å². The standard InChI is InChI=1S/C16H21NO5/c1-21-14-5-2-12(3-6-14)4-7-15(18)17-8-9-22-11-13(17)10-16(19)20/h2-3,5-6,13H,4,7-11H2,1H3,(H,19,20). The molecule has 6 nitrogen and oxygen atoms in total. The van der Waals surface area contributed by atoms with E-state index < -0.39 is 5.97 Å². The van der Waals surface area contributed by atoms with Crippen LogP contribution in [0.1, 0.15) is 18.4 Å². The summed E-state index contributed by atoms with van der Waals surface area (Å²) in [6.07, 6.45) is 0.913. The third-order valence-corrected chi connectivity index (χ3v) is 3.74. The van der Waals surface area contributed by atoms with E-state index in [1.165, 1.54) is 0 Å². The predicted octanol–water partition coefficient (Wildman–Crippen LogP) is 1.33. The van der Waals surface area contributed by atoms with Gasteiger partial charge in [-0.05, 0) is 24.1 Å². The predicted molar refractivity (Wildman–Crippen MR) is 79.9 cm³/mol. The topological polar surface area (TPSA) is 76.1 Å². The Morgan fingerprint density at radius 3 is 2.73 bits per heavy atom. The molecule has 120 valence electrons. The van der Waals surface area contributed by atoms with Crippen LogP contribution < -0.4 is 4.74 Å². The monoisotopic (exact) mass is 307 g/mol. The van der Waals surface area contributed by atoms with Crippen LogP contribution in [0.5, 0.6) is 5.75 Å². The van der Waals surface area contributed by atoms with Gasteiger partial charge >= 0.3 is 5.97 Å². The van der Waals surface area contributed by atoms with Gasteiger partial charge in [0, 0.05) is 13.0 Å². The van der Waals surface area contributed by atoms with Crippen molar-refractivity contribution in [3.63, 3.8) is 0 Å². The molecular formula is C16H21NO5. The van der Waals surface area contributed by atoms with Crippen molar-refractivity contribution in [2.45, 2.75) is 25.3 Å². The molecule has 0 saturated carbocycles. The number of carbonyl (C=O) groups excluding carboxylic acids is 1. The number of aliphatic carboxylic acids is 1. The Kier molecular flexibility index (Phi) is 5.77. The molecule has 1 amide bonds. The molecule has 1 heterocycles. The first-order valence-electron chi connectivity index (χ1n) is 7.32. The molecule has 22 heavy (non-hydrogen) atoms. The van der Waals surface area contributed by atoms with Crippen LogP contribution >= 0.6 is 0 Å². The quantitative estimate of drug-likeness (QED) is 0.858. The summed E-state index contributed by atoms with van der Waals surface area (Å²) in [5, 5.41) is 8.92. The number of nitrogens with zero attached hydrogens (tertiary/aromatic N) is 1. The molecular weight excluding hydrogens is 286 g/mol. The van der Waals surface area contributed by atoms with Gasteiger partial charge in [-0.2, -0.15) is 0 Å². The number of amides is 1. The van der Waals surface area contributed by atoms with Crippen LogP contribution in [0.2, 0.25) is 0 Å². The molecule has 0 bridgehead atoms. The fourth-order valence-corrected chi connectivity index (χ4v) is 2.54. The van der Waals surface area contributed by atoms with Gasteiger partial charge in [-0.3, -0.25) is 9.59 Å². The number of rotatable bonds is 6. The highest BCUT2D eigenvalue weighted by atomic mass is 16.5. The number of carboxylic acids is 1. The first-order valence-corrected chi connectivity index (χ1v) is 7.32. The lowest BCUT2D eigenvalue weighted by molar-refractivity contribution is -0.146. The molecule has 1 aromatic rings. The van der Waals surface area contributed by atoms with E-state index in [1.807, 2.05) is 24.3 Å². The van der Waals surface area contributed by atoms with Gasteiger partial charge in [-0.25, -0.2) is 0 Å². The molecule has 0 spiro atoms. The minimum Gasteiger partial charge on any atom is -0.497 e. The van der Waals surface area contributed by atoms with Crippen LogP contribution in [0, 0.1) is 0 Å². The number of carbonyl (C=O) groups is 2. The summed E-state index contributed by atoms with van der Waals surface area (Å²) in [6.45, 7) is 1.21. The van der Waals surface area contributed by atoms with E-state index in [9.17, 15) is 9.59 Å². The van der Waals surface area contributed by atoms with Crippen molar-refractivity contribution in [1.82, 2.24) is 4.90 Å². The summed E-state index contributed by atoms with van der Waals surface area (Å²) < 4.78 is 10.4. The summed E-state index contributed by atoms with van der Waals surface area (Å²) in [5.74, 6) is -0.154. The fourth-order valence-electron chi connectivity index (χ4n) is 2.54. The SMILES string of the molecule is COc1ccc(CCC(=O)N2CCOCC2CC(=O)O)cc1. The van der Waals surface area contributed by atoms with Crippen LogP contribution in [0.4, 0.5) is 0 Å². The number of ether oxygens (including phenoxy) is 2. The molecule has 0 radical (unpaired) electrons. The summed E-state index contributed by atoms with van der Waals surface area (Å²) in [4.78, 5) is 24.8. The lowest BCUT2D eigenvalue weighted by Gasteiger charge is -2.35. The van der Waals surface area contributed by atoms with Crippen molar-refractivity contribution >= 4 is 11.9 Å². The van der Waals surface area contributed by atoms with E-state index in [0.29, 0.717) is 32.6 Å². The van der Waals surface area contributed by atoms with E-state index in [1.54, 1.807) is 12.0 Å². The number of methoxy groups -OCH3 is 1. The molecule has 1 atom stereocenters. The number of hydrogen-bond donors (Lipinski definition) is 1. The van der Waals surface area contributed by atoms with E-state index in [2.05, 4.69) is 0 Å². The first kappa shape index (κ1) is 16.3. The van der Waals surface area contributed by atoms with Gasteiger partial charge in [0.25, 0.3) is 0 Å². The Morgan fingerprint density at radius 2 is 2.09 bits per heavy atom. The molecule has 6 heteroatoms. The average Bonchev–Trinajstić information content (AvgIpc) is 2.53. The maximum atomic E-state index is 12.3. The van der Waals surface area contributed by atoms with Gasteiger partial charge in [-0.15, -0.1) is 0 Å². The van der Waals surface area contributed by atoms with Crippen molar-refractivity contribution in [2.75, 3.05) is 26.9 Å². The van der Waals surface area contributed by atoms with Crippen LogP contribution in [0.25, 0.3) is 0 Å². The molecule has 1 fully saturated rings. The second kappa shape index (κ2) is 7.79. The molecule has 1 saturated heterocycles. The zero-order valence-electron chi connectivity index (χ0n) is 12.7. The zero-order chi connectivity index (χ0) is 15.9. The highest BCUT2D eigenvalue weighted by Crippen LogP contribution is 2.16. The van der Waals surface area contributed by atoms with Crippen LogP contribution in [0.15, 0.2) is 24.3 Å². The minimum atomic E-state index is -0.913. The molecule has 1 unspecified atom stereocenters. The fraction of sp³-hybridized carbons (Fsp3) is 0.500. The van der Waals surface area contributed by atoms with Crippen molar-refractivity contribution in [3.05, 3.63) is 29.8 Å². The normalized spacial score (nSPS) is 18.0. The number of morpholine rings is 1. The first-order chi connectivity index (χ1) is 10.6. The van der Waals surface area contributed by atoms with Gasteiger partial charge in [0.2, 0.25) is 5.91 Å². The summed E-state index contributed by atoms with van der Waals surface area (Å²) in [6, 6.07) is 7.22. The third-order valence-electron chi connectivity index (χ3n) is 3.74. The van der Waals surface area contributed by atoms with Gasteiger partial charge < -0.3 is 19.5 Å². The zero-order valence-corrected chi connectivity index (χ0v) is 12.7. The smallest absolute Gasteiger partial charge is 0.305 e. The molecule has 2 rings (SSSR count). The highest BCUT2D eigenvalue weighted by Gasteiger charge is 2.28. The third kappa shape index (κ3) is 4.46. The van der Waals surface area contributed by atoms with E-state index >= 15 is 0 Å². The maximum Gasteiger partial charge on any atom is 0.305 e. The van der Waals surface area contributed by atoms with Crippen molar-refractivity contribution < 1.29 is 24.2 Å². The Labute approximate surface area is 129 Å². The van der Waals surface area contributed by atoms with Gasteiger partial charge in [0.15, 0.2) is 0 Å². The lowest BCUT2D eigenvalue weighted by atomic mass is 10.1. The van der Waals surface area contributed by atoms with Crippen LogP contribution in [-0.2, 0) is 20.7 Å². The molecule has 1 aliphatic rings.